The fraction of sp³-hybridized carbons (Fsp3) is 0.697. The van der Waals surface area contributed by atoms with E-state index in [2.05, 4.69) is 165 Å². The molecule has 17 atom stereocenters. The van der Waals surface area contributed by atoms with Crippen LogP contribution in [-0.2, 0) is 33.2 Å². The lowest BCUT2D eigenvalue weighted by atomic mass is 9.96. The molecule has 0 saturated carbocycles. The van der Waals surface area contributed by atoms with Crippen LogP contribution in [0.25, 0.3) is 0 Å². The minimum Gasteiger partial charge on any atom is -0.394 e. The molecule has 3 heterocycles. The van der Waals surface area contributed by atoms with Gasteiger partial charge in [-0.1, -0.05) is 294 Å². The summed E-state index contributed by atoms with van der Waals surface area (Å²) in [4.78, 5) is 13.5. The van der Waals surface area contributed by atoms with Crippen LogP contribution in [0.1, 0.15) is 264 Å². The summed E-state index contributed by atoms with van der Waals surface area (Å²) in [7, 11) is 0. The number of aliphatic hydroxyl groups excluding tert-OH is 11. The van der Waals surface area contributed by atoms with Gasteiger partial charge >= 0.3 is 0 Å². The molecule has 108 heavy (non-hydrogen) atoms. The van der Waals surface area contributed by atoms with E-state index in [1.807, 2.05) is 6.08 Å². The van der Waals surface area contributed by atoms with Crippen molar-refractivity contribution in [1.29, 1.82) is 0 Å². The molecule has 0 spiro atoms. The Morgan fingerprint density at radius 3 is 1.04 bits per heavy atom. The standard InChI is InChI=1S/C89H147NO18/c1-3-5-7-9-11-13-15-17-19-21-23-25-27-29-31-33-34-35-36-37-38-39-41-43-45-47-49-51-53-55-57-59-61-63-65-67-77(95)90-72(73(94)66-64-62-60-58-56-54-52-50-48-46-44-42-40-32-30-28-26-24-22-20-18-16-14-12-10-8-6-4-2)71-103-87-83(101)80(98)85(75(69-92)105-87)108-89-84(102)81(99)86(76(70-93)106-89)107-88-82(100)79(97)78(96)74(68-91)104-88/h5,7,11,13,17,19,23,25,29,31,34-35,37-38,41,43,47-50,53,55-56,58,64,66,72-76,78-89,91-94,96-102H,3-4,6,8-10,12,14-16,18,20-22,24,26-28,30,32-33,36,39-40,42,44-46,51-52,54,57,59-63,65,67-71H2,1-2H3,(H,90,95)/b7-5-,13-11-,19-17-,25-23-,31-29-,35-34-,38-37-,43-41-,49-47-,50-48+,55-53-,58-56+,66-64+. The Bertz CT molecular complexity index is 2570. The second-order valence-electron chi connectivity index (χ2n) is 28.8. The highest BCUT2D eigenvalue weighted by molar-refractivity contribution is 5.76. The van der Waals surface area contributed by atoms with Crippen LogP contribution in [0.5, 0.6) is 0 Å². The predicted octanol–water partition coefficient (Wildman–Crippen LogP) is 14.8. The van der Waals surface area contributed by atoms with Crippen LogP contribution in [0.3, 0.4) is 0 Å². The van der Waals surface area contributed by atoms with Gasteiger partial charge in [0.2, 0.25) is 5.91 Å². The van der Waals surface area contributed by atoms with Gasteiger partial charge in [-0.15, -0.1) is 0 Å². The van der Waals surface area contributed by atoms with Crippen LogP contribution in [0.15, 0.2) is 158 Å². The summed E-state index contributed by atoms with van der Waals surface area (Å²) in [6.07, 6.45) is 72.3. The van der Waals surface area contributed by atoms with Gasteiger partial charge < -0.3 is 89.9 Å². The Morgan fingerprint density at radius 2 is 0.648 bits per heavy atom. The van der Waals surface area contributed by atoms with Gasteiger partial charge in [-0.3, -0.25) is 4.79 Å². The van der Waals surface area contributed by atoms with Gasteiger partial charge in [0.05, 0.1) is 38.6 Å². The van der Waals surface area contributed by atoms with E-state index in [4.69, 9.17) is 28.4 Å². The van der Waals surface area contributed by atoms with E-state index in [1.54, 1.807) is 6.08 Å². The zero-order valence-corrected chi connectivity index (χ0v) is 66.0. The molecule has 1 amide bonds. The Labute approximate surface area is 650 Å². The third kappa shape index (κ3) is 45.8. The minimum absolute atomic E-state index is 0.191. The number of ether oxygens (including phenoxy) is 6. The minimum atomic E-state index is -1.99. The maximum Gasteiger partial charge on any atom is 0.220 e. The molecular formula is C89H147NO18. The molecular weight excluding hydrogens is 1370 g/mol. The first-order valence-electron chi connectivity index (χ1n) is 41.7. The second kappa shape index (κ2) is 67.0. The SMILES string of the molecule is CC/C=C\C/C=C\C/C=C\C/C=C\C/C=C\C/C=C\C/C=C\C/C=C\C/C=C\C/C=C\CCCCCCC(=O)NC(COC1OC(CO)C(OC2OC(CO)C(OC3OC(CO)C(O)C(O)C3O)C(O)C2O)C(O)C1O)C(O)/C=C/CC/C=C/CC/C=C/CCCCCCCCCCCCCCCCCCCC. The molecule has 3 rings (SSSR count). The van der Waals surface area contributed by atoms with Gasteiger partial charge in [0.25, 0.3) is 0 Å². The third-order valence-corrected chi connectivity index (χ3v) is 19.5. The molecule has 3 fully saturated rings. The number of rotatable bonds is 64. The van der Waals surface area contributed by atoms with E-state index in [-0.39, 0.29) is 12.3 Å². The zero-order valence-electron chi connectivity index (χ0n) is 66.0. The molecule has 3 aliphatic rings. The summed E-state index contributed by atoms with van der Waals surface area (Å²) in [5.74, 6) is -0.319. The molecule has 0 aromatic carbocycles. The molecule has 616 valence electrons. The number of unbranched alkanes of at least 4 members (excludes halogenated alkanes) is 24. The zero-order chi connectivity index (χ0) is 78.1. The highest BCUT2D eigenvalue weighted by Crippen LogP contribution is 2.33. The average molecular weight is 1520 g/mol. The van der Waals surface area contributed by atoms with Crippen LogP contribution < -0.4 is 5.32 Å². The fourth-order valence-corrected chi connectivity index (χ4v) is 12.9. The first kappa shape index (κ1) is 97.6. The summed E-state index contributed by atoms with van der Waals surface area (Å²) < 4.78 is 34.4. The van der Waals surface area contributed by atoms with Crippen LogP contribution in [0.2, 0.25) is 0 Å². The molecule has 3 saturated heterocycles. The third-order valence-electron chi connectivity index (χ3n) is 19.5. The summed E-state index contributed by atoms with van der Waals surface area (Å²) in [5, 5.41) is 121. The first-order valence-corrected chi connectivity index (χ1v) is 41.7. The van der Waals surface area contributed by atoms with Crippen molar-refractivity contribution in [3.05, 3.63) is 158 Å². The second-order valence-corrected chi connectivity index (χ2v) is 28.8. The fourth-order valence-electron chi connectivity index (χ4n) is 12.9. The van der Waals surface area contributed by atoms with E-state index >= 15 is 0 Å². The van der Waals surface area contributed by atoms with Gasteiger partial charge in [-0.25, -0.2) is 0 Å². The quantitative estimate of drug-likeness (QED) is 0.0199. The highest BCUT2D eigenvalue weighted by atomic mass is 16.8. The number of hydrogen-bond acceptors (Lipinski definition) is 18. The summed E-state index contributed by atoms with van der Waals surface area (Å²) in [6.45, 7) is 1.58. The van der Waals surface area contributed by atoms with Crippen LogP contribution in [-0.4, -0.2) is 193 Å². The van der Waals surface area contributed by atoms with E-state index < -0.39 is 131 Å². The molecule has 0 aromatic heterocycles. The lowest BCUT2D eigenvalue weighted by molar-refractivity contribution is -0.379. The van der Waals surface area contributed by atoms with Gasteiger partial charge in [-0.05, 0) is 122 Å². The monoisotopic (exact) mass is 1520 g/mol. The van der Waals surface area contributed by atoms with Crippen molar-refractivity contribution in [1.82, 2.24) is 5.32 Å². The number of carbonyl (C=O) groups excluding carboxylic acids is 1. The highest BCUT2D eigenvalue weighted by Gasteiger charge is 2.54. The van der Waals surface area contributed by atoms with Gasteiger partial charge in [0.15, 0.2) is 18.9 Å². The Kier molecular flexibility index (Phi) is 60.5. The van der Waals surface area contributed by atoms with E-state index in [9.17, 15) is 61.0 Å². The van der Waals surface area contributed by atoms with Crippen molar-refractivity contribution in [3.63, 3.8) is 0 Å². The first-order chi connectivity index (χ1) is 52.8. The number of allylic oxidation sites excluding steroid dienone is 25. The van der Waals surface area contributed by atoms with Crippen molar-refractivity contribution >= 4 is 5.91 Å². The van der Waals surface area contributed by atoms with Crippen LogP contribution >= 0.6 is 0 Å². The largest absolute Gasteiger partial charge is 0.394 e. The molecule has 12 N–H and O–H groups in total. The number of hydrogen-bond donors (Lipinski definition) is 12. The molecule has 0 bridgehead atoms. The number of carbonyl (C=O) groups is 1. The van der Waals surface area contributed by atoms with Gasteiger partial charge in [0.1, 0.15) is 73.2 Å². The van der Waals surface area contributed by atoms with E-state index in [1.165, 1.54) is 116 Å². The lowest BCUT2D eigenvalue weighted by Gasteiger charge is -2.48. The summed E-state index contributed by atoms with van der Waals surface area (Å²) >= 11 is 0. The van der Waals surface area contributed by atoms with Crippen LogP contribution in [0.4, 0.5) is 0 Å². The van der Waals surface area contributed by atoms with Crippen LogP contribution in [0, 0.1) is 0 Å². The number of nitrogens with one attached hydrogen (secondary N) is 1. The summed E-state index contributed by atoms with van der Waals surface area (Å²) in [6, 6.07) is -1.03. The van der Waals surface area contributed by atoms with Crippen molar-refractivity contribution < 1.29 is 89.4 Å². The molecule has 0 radical (unpaired) electrons. The Hall–Kier alpha value is -4.59. The van der Waals surface area contributed by atoms with Crippen molar-refractivity contribution in [2.75, 3.05) is 26.4 Å². The Morgan fingerprint density at radius 1 is 0.343 bits per heavy atom. The molecule has 0 aliphatic carbocycles. The lowest BCUT2D eigenvalue weighted by Crippen LogP contribution is -2.66. The topological polar surface area (TPSA) is 307 Å². The molecule has 3 aliphatic heterocycles. The summed E-state index contributed by atoms with van der Waals surface area (Å²) in [5.41, 5.74) is 0. The predicted molar refractivity (Wildman–Crippen MR) is 433 cm³/mol. The van der Waals surface area contributed by atoms with E-state index in [0.717, 1.165) is 116 Å². The van der Waals surface area contributed by atoms with E-state index in [0.29, 0.717) is 12.8 Å². The molecule has 19 nitrogen and oxygen atoms in total. The van der Waals surface area contributed by atoms with Gasteiger partial charge in [0, 0.05) is 6.42 Å². The average Bonchev–Trinajstić information content (AvgIpc) is 0.774. The number of aliphatic hydroxyl groups is 11. The maximum absolute atomic E-state index is 13.5. The van der Waals surface area contributed by atoms with Crippen molar-refractivity contribution in [3.8, 4) is 0 Å². The Balaban J connectivity index is 1.40. The molecule has 19 heteroatoms. The van der Waals surface area contributed by atoms with Crippen molar-refractivity contribution in [2.45, 2.75) is 369 Å². The smallest absolute Gasteiger partial charge is 0.220 e. The molecule has 17 unspecified atom stereocenters. The maximum atomic E-state index is 13.5. The number of amides is 1. The molecule has 0 aromatic rings. The van der Waals surface area contributed by atoms with Crippen molar-refractivity contribution in [2.24, 2.45) is 0 Å². The normalized spacial score (nSPS) is 26.2. The van der Waals surface area contributed by atoms with Gasteiger partial charge in [-0.2, -0.15) is 0 Å².